The Kier molecular flexibility index (Phi) is 15.9. The molecule has 4 aromatic carbocycles. The summed E-state index contributed by atoms with van der Waals surface area (Å²) in [5.74, 6) is -0.148. The van der Waals surface area contributed by atoms with Crippen LogP contribution in [0.3, 0.4) is 0 Å². The van der Waals surface area contributed by atoms with Gasteiger partial charge in [0.2, 0.25) is 5.78 Å². The van der Waals surface area contributed by atoms with Gasteiger partial charge in [0.1, 0.15) is 0 Å². The molecule has 15 heteroatoms. The molecule has 8 rings (SSSR count). The summed E-state index contributed by atoms with van der Waals surface area (Å²) in [6, 6.07) is 37.9. The number of esters is 1. The van der Waals surface area contributed by atoms with Crippen molar-refractivity contribution in [2.24, 2.45) is 0 Å². The molecule has 0 bridgehead atoms. The lowest BCUT2D eigenvalue weighted by atomic mass is 10.0. The molecule has 65 heavy (non-hydrogen) atoms. The summed E-state index contributed by atoms with van der Waals surface area (Å²) in [5, 5.41) is 16.4. The van der Waals surface area contributed by atoms with Crippen LogP contribution in [-0.4, -0.2) is 124 Å². The molecule has 2 saturated heterocycles. The molecule has 0 N–H and O–H groups in total. The van der Waals surface area contributed by atoms with E-state index in [4.69, 9.17) is 14.3 Å². The van der Waals surface area contributed by atoms with Crippen LogP contribution in [0.15, 0.2) is 130 Å². The fourth-order valence-corrected chi connectivity index (χ4v) is 7.40. The summed E-state index contributed by atoms with van der Waals surface area (Å²) in [6.07, 6.45) is 0. The molecule has 2 atom stereocenters. The number of carbonyl (C=O) groups excluding carboxylic acids is 5. The summed E-state index contributed by atoms with van der Waals surface area (Å²) in [6.45, 7) is 11.3. The average molecular weight is 878 g/mol. The van der Waals surface area contributed by atoms with Gasteiger partial charge in [-0.2, -0.15) is 5.26 Å². The van der Waals surface area contributed by atoms with Crippen LogP contribution in [0.25, 0.3) is 22.6 Å². The van der Waals surface area contributed by atoms with Crippen LogP contribution in [0.1, 0.15) is 66.7 Å². The number of ether oxygens (including phenoxy) is 1. The summed E-state index contributed by atoms with van der Waals surface area (Å²) in [4.78, 5) is 69.0. The van der Waals surface area contributed by atoms with Crippen LogP contribution in [0, 0.1) is 25.2 Å². The first-order valence-electron chi connectivity index (χ1n) is 21.2. The highest BCUT2D eigenvalue weighted by atomic mass is 16.5. The quantitative estimate of drug-likeness (QED) is 0.0662. The highest BCUT2D eigenvalue weighted by Gasteiger charge is 2.33. The van der Waals surface area contributed by atoms with Crippen LogP contribution in [0.5, 0.6) is 0 Å². The highest BCUT2D eigenvalue weighted by molar-refractivity contribution is 6.42. The van der Waals surface area contributed by atoms with Gasteiger partial charge in [-0.05, 0) is 64.1 Å². The van der Waals surface area contributed by atoms with Crippen molar-refractivity contribution in [3.8, 4) is 28.7 Å². The standard InChI is InChI=1S/C24H23N3O4.C14H17N3O.C12H11NO3/c1-16-14-21(31-25-16)18-8-10-19(11-9-18)22(28)24(30)27-13-12-26(15-17(27)2)23(29)20-6-4-3-5-7-20;1-12-11-17(10-9-16(12)8-7-15)14(18)13-5-3-2-4-6-13;1-8-7-11(16-13-8)9-3-5-10(6-4-9)12(14)15-2/h3-11,14,17H,12-13,15H2,1-2H3;2-6,12H,8-11H2,1H3;3-7H,1-2H3/t17-;12-;/m11./s1. The predicted octanol–water partition coefficient (Wildman–Crippen LogP) is 7.00. The number of nitrogens with zero attached hydrogens (tertiary/aromatic N) is 7. The second-order valence-electron chi connectivity index (χ2n) is 15.7. The molecule has 0 saturated carbocycles. The molecule has 0 unspecified atom stereocenters. The minimum atomic E-state index is -0.560. The van der Waals surface area contributed by atoms with E-state index in [1.165, 1.54) is 7.11 Å². The third-order valence-corrected chi connectivity index (χ3v) is 11.0. The first-order chi connectivity index (χ1) is 31.4. The van der Waals surface area contributed by atoms with E-state index in [1.807, 2.05) is 80.3 Å². The second-order valence-corrected chi connectivity index (χ2v) is 15.7. The number of piperazine rings is 2. The van der Waals surface area contributed by atoms with E-state index in [2.05, 4.69) is 32.9 Å². The number of ketones is 1. The number of Topliss-reactive ketones (excluding diaryl/α,β-unsaturated/α-hetero) is 1. The molecule has 4 heterocycles. The number of amides is 3. The van der Waals surface area contributed by atoms with Gasteiger partial charge in [-0.15, -0.1) is 0 Å². The number of nitriles is 1. The number of carbonyl (C=O) groups is 5. The largest absolute Gasteiger partial charge is 0.465 e. The van der Waals surface area contributed by atoms with Crippen molar-refractivity contribution >= 4 is 29.5 Å². The van der Waals surface area contributed by atoms with Crippen LogP contribution in [0.2, 0.25) is 0 Å². The predicted molar refractivity (Wildman–Crippen MR) is 242 cm³/mol. The van der Waals surface area contributed by atoms with Crippen LogP contribution >= 0.6 is 0 Å². The van der Waals surface area contributed by atoms with Crippen LogP contribution in [-0.2, 0) is 9.53 Å². The molecule has 0 radical (unpaired) electrons. The molecule has 2 aliphatic rings. The maximum Gasteiger partial charge on any atom is 0.337 e. The Hall–Kier alpha value is -7.70. The zero-order valence-corrected chi connectivity index (χ0v) is 37.0. The van der Waals surface area contributed by atoms with Crippen molar-refractivity contribution < 1.29 is 37.8 Å². The van der Waals surface area contributed by atoms with Crippen molar-refractivity contribution in [2.75, 3.05) is 52.9 Å². The van der Waals surface area contributed by atoms with E-state index in [0.29, 0.717) is 67.5 Å². The molecule has 2 fully saturated rings. The molecule has 0 spiro atoms. The first kappa shape index (κ1) is 46.8. The first-order valence-corrected chi connectivity index (χ1v) is 21.2. The second kappa shape index (κ2) is 22.1. The van der Waals surface area contributed by atoms with E-state index < -0.39 is 11.7 Å². The fourth-order valence-electron chi connectivity index (χ4n) is 7.40. The number of rotatable bonds is 8. The topological polar surface area (TPSA) is 183 Å². The lowest BCUT2D eigenvalue weighted by Crippen LogP contribution is -2.56. The van der Waals surface area contributed by atoms with Gasteiger partial charge in [0.05, 0.1) is 36.7 Å². The highest BCUT2D eigenvalue weighted by Crippen LogP contribution is 2.23. The molecule has 3 amide bonds. The number of aryl methyl sites for hydroxylation is 2. The maximum atomic E-state index is 12.9. The number of hydrogen-bond donors (Lipinski definition) is 0. The van der Waals surface area contributed by atoms with Gasteiger partial charge >= 0.3 is 5.97 Å². The summed E-state index contributed by atoms with van der Waals surface area (Å²) < 4.78 is 14.9. The van der Waals surface area contributed by atoms with Gasteiger partial charge in [0.25, 0.3) is 17.7 Å². The molecular formula is C50H51N7O8. The number of aromatic nitrogens is 2. The number of hydrogen-bond acceptors (Lipinski definition) is 12. The van der Waals surface area contributed by atoms with E-state index >= 15 is 0 Å². The van der Waals surface area contributed by atoms with Crippen molar-refractivity contribution in [3.05, 3.63) is 155 Å². The van der Waals surface area contributed by atoms with E-state index in [9.17, 15) is 24.0 Å². The Morgan fingerprint density at radius 3 is 1.51 bits per heavy atom. The Labute approximate surface area is 377 Å². The van der Waals surface area contributed by atoms with E-state index in [1.54, 1.807) is 76.5 Å². The summed E-state index contributed by atoms with van der Waals surface area (Å²) >= 11 is 0. The number of benzene rings is 4. The fraction of sp³-hybridized carbons (Fsp3) is 0.280. The monoisotopic (exact) mass is 877 g/mol. The van der Waals surface area contributed by atoms with Gasteiger partial charge in [0.15, 0.2) is 11.5 Å². The van der Waals surface area contributed by atoms with Gasteiger partial charge < -0.3 is 28.5 Å². The van der Waals surface area contributed by atoms with Gasteiger partial charge in [-0.25, -0.2) is 4.79 Å². The molecular weight excluding hydrogens is 827 g/mol. The molecule has 2 aromatic heterocycles. The lowest BCUT2D eigenvalue weighted by molar-refractivity contribution is -0.130. The lowest BCUT2D eigenvalue weighted by Gasteiger charge is -2.39. The molecule has 0 aliphatic carbocycles. The van der Waals surface area contributed by atoms with E-state index in [0.717, 1.165) is 34.6 Å². The molecule has 334 valence electrons. The Balaban J connectivity index is 0.000000175. The summed E-state index contributed by atoms with van der Waals surface area (Å²) in [7, 11) is 1.36. The third-order valence-electron chi connectivity index (χ3n) is 11.0. The zero-order valence-electron chi connectivity index (χ0n) is 37.0. The van der Waals surface area contributed by atoms with Crippen molar-refractivity contribution in [1.82, 2.24) is 29.9 Å². The van der Waals surface area contributed by atoms with Crippen molar-refractivity contribution in [2.45, 2.75) is 39.8 Å². The molecule has 6 aromatic rings. The molecule has 2 aliphatic heterocycles. The Bertz CT molecular complexity index is 2600. The Morgan fingerprint density at radius 2 is 1.09 bits per heavy atom. The normalized spacial score (nSPS) is 15.9. The van der Waals surface area contributed by atoms with Crippen molar-refractivity contribution in [3.63, 3.8) is 0 Å². The third kappa shape index (κ3) is 12.1. The minimum absolute atomic E-state index is 0.0656. The van der Waals surface area contributed by atoms with Gasteiger partial charge in [0, 0.05) is 91.3 Å². The van der Waals surface area contributed by atoms with Crippen LogP contribution in [0.4, 0.5) is 0 Å². The van der Waals surface area contributed by atoms with Crippen LogP contribution < -0.4 is 0 Å². The van der Waals surface area contributed by atoms with Crippen molar-refractivity contribution in [1.29, 1.82) is 5.26 Å². The smallest absolute Gasteiger partial charge is 0.337 e. The van der Waals surface area contributed by atoms with Gasteiger partial charge in [-0.3, -0.25) is 24.1 Å². The average Bonchev–Trinajstić information content (AvgIpc) is 4.00. The Morgan fingerprint density at radius 1 is 0.631 bits per heavy atom. The summed E-state index contributed by atoms with van der Waals surface area (Å²) in [5.41, 5.74) is 5.45. The zero-order chi connectivity index (χ0) is 46.5. The van der Waals surface area contributed by atoms with Gasteiger partial charge in [-0.1, -0.05) is 83.1 Å². The molecule has 15 nitrogen and oxygen atoms in total. The maximum absolute atomic E-state index is 12.9. The minimum Gasteiger partial charge on any atom is -0.465 e. The number of methoxy groups -OCH3 is 1. The van der Waals surface area contributed by atoms with E-state index in [-0.39, 0.29) is 29.9 Å². The SMILES string of the molecule is COC(=O)c1ccc(-c2cc(C)no2)cc1.C[C@@H]1CN(C(=O)c2ccccc2)CCN1CC#N.Cc1cc(-c2ccc(C(=O)C(=O)N3CCN(C(=O)c4ccccc4)C[C@H]3C)cc2)on1.